The lowest BCUT2D eigenvalue weighted by Gasteiger charge is -2.18. The van der Waals surface area contributed by atoms with Crippen molar-refractivity contribution in [1.29, 1.82) is 0 Å². The van der Waals surface area contributed by atoms with E-state index >= 15 is 0 Å². The van der Waals surface area contributed by atoms with E-state index in [-0.39, 0.29) is 0 Å². The maximum absolute atomic E-state index is 3.55. The van der Waals surface area contributed by atoms with Gasteiger partial charge in [-0.1, -0.05) is 40.2 Å². The molecule has 0 amide bonds. The van der Waals surface area contributed by atoms with Gasteiger partial charge in [-0.3, -0.25) is 0 Å². The molecule has 1 N–H and O–H groups in total. The summed E-state index contributed by atoms with van der Waals surface area (Å²) in [6.07, 6.45) is 8.65. The third kappa shape index (κ3) is 1.16. The molecule has 0 saturated heterocycles. The van der Waals surface area contributed by atoms with E-state index in [2.05, 4.69) is 52.5 Å². The quantitative estimate of drug-likeness (QED) is 0.649. The first-order chi connectivity index (χ1) is 5.27. The highest BCUT2D eigenvalue weighted by molar-refractivity contribution is 9.11. The van der Waals surface area contributed by atoms with Crippen molar-refractivity contribution in [3.8, 4) is 0 Å². The summed E-state index contributed by atoms with van der Waals surface area (Å²) in [6.45, 7) is 2.10. The van der Waals surface area contributed by atoms with Crippen LogP contribution < -0.4 is 5.32 Å². The summed E-state index contributed by atoms with van der Waals surface area (Å²) in [5.74, 6) is 0.528. The van der Waals surface area contributed by atoms with Crippen LogP contribution in [0.3, 0.4) is 0 Å². The van der Waals surface area contributed by atoms with Gasteiger partial charge in [0, 0.05) is 16.1 Å². The molecule has 0 aromatic carbocycles. The summed E-state index contributed by atoms with van der Waals surface area (Å²) in [4.78, 5) is 0. The molecule has 1 aliphatic carbocycles. The second-order valence-corrected chi connectivity index (χ2v) is 3.90. The van der Waals surface area contributed by atoms with E-state index in [4.69, 9.17) is 0 Å². The molecule has 1 aliphatic heterocycles. The van der Waals surface area contributed by atoms with Crippen molar-refractivity contribution >= 4 is 15.9 Å². The van der Waals surface area contributed by atoms with Gasteiger partial charge in [-0.15, -0.1) is 0 Å². The smallest absolute Gasteiger partial charge is 0.0553 e. The molecule has 0 spiro atoms. The van der Waals surface area contributed by atoms with Crippen molar-refractivity contribution in [2.24, 2.45) is 5.92 Å². The second-order valence-electron chi connectivity index (χ2n) is 2.98. The molecule has 0 bridgehead atoms. The third-order valence-electron chi connectivity index (χ3n) is 2.10. The van der Waals surface area contributed by atoms with Gasteiger partial charge in [0.25, 0.3) is 0 Å². The maximum Gasteiger partial charge on any atom is 0.0553 e. The molecule has 2 unspecified atom stereocenters. The van der Waals surface area contributed by atoms with E-state index in [1.165, 1.54) is 10.2 Å². The van der Waals surface area contributed by atoms with E-state index in [0.29, 0.717) is 12.0 Å². The maximum atomic E-state index is 3.55. The van der Waals surface area contributed by atoms with E-state index < -0.39 is 0 Å². The van der Waals surface area contributed by atoms with Crippen LogP contribution in [-0.2, 0) is 0 Å². The van der Waals surface area contributed by atoms with Gasteiger partial charge in [0.05, 0.1) is 6.04 Å². The fraction of sp³-hybridized carbons (Fsp3) is 0.333. The zero-order valence-electron chi connectivity index (χ0n) is 6.34. The van der Waals surface area contributed by atoms with Gasteiger partial charge in [0.15, 0.2) is 0 Å². The summed E-state index contributed by atoms with van der Waals surface area (Å²) in [5.41, 5.74) is 1.27. The summed E-state index contributed by atoms with van der Waals surface area (Å²) < 4.78 is 1.27. The van der Waals surface area contributed by atoms with E-state index in [9.17, 15) is 0 Å². The molecule has 2 atom stereocenters. The predicted octanol–water partition coefficient (Wildman–Crippen LogP) is 2.33. The van der Waals surface area contributed by atoms with Crippen LogP contribution in [0.2, 0.25) is 0 Å². The average Bonchev–Trinajstić information content (AvgIpc) is 2.31. The molecule has 1 heterocycles. The second kappa shape index (κ2) is 2.52. The lowest BCUT2D eigenvalue weighted by molar-refractivity contribution is 0.633. The molecule has 0 fully saturated rings. The van der Waals surface area contributed by atoms with Crippen molar-refractivity contribution < 1.29 is 0 Å². The van der Waals surface area contributed by atoms with Crippen LogP contribution in [0.1, 0.15) is 6.92 Å². The number of nitrogens with one attached hydrogen (secondary N) is 1. The van der Waals surface area contributed by atoms with Crippen LogP contribution in [0.5, 0.6) is 0 Å². The monoisotopic (exact) mass is 211 g/mol. The molecule has 0 radical (unpaired) electrons. The lowest BCUT2D eigenvalue weighted by atomic mass is 9.98. The van der Waals surface area contributed by atoms with Gasteiger partial charge in [-0.25, -0.2) is 0 Å². The van der Waals surface area contributed by atoms with Gasteiger partial charge < -0.3 is 5.32 Å². The first-order valence-corrected chi connectivity index (χ1v) is 4.55. The molecule has 2 heteroatoms. The highest BCUT2D eigenvalue weighted by atomic mass is 79.9. The molecule has 0 saturated carbocycles. The minimum atomic E-state index is 0.481. The first-order valence-electron chi connectivity index (χ1n) is 3.76. The van der Waals surface area contributed by atoms with E-state index in [1.54, 1.807) is 0 Å². The zero-order valence-corrected chi connectivity index (χ0v) is 7.93. The number of hydrogen-bond acceptors (Lipinski definition) is 1. The Hall–Kier alpha value is -0.500. The Morgan fingerprint density at radius 1 is 1.55 bits per heavy atom. The zero-order chi connectivity index (χ0) is 7.84. The molecule has 1 nitrogen and oxygen atoms in total. The minimum Gasteiger partial charge on any atom is -0.382 e. The molecule has 2 rings (SSSR count). The van der Waals surface area contributed by atoms with Crippen LogP contribution in [0.4, 0.5) is 0 Å². The normalized spacial score (nSPS) is 34.0. The lowest BCUT2D eigenvalue weighted by Crippen LogP contribution is -2.27. The fourth-order valence-electron chi connectivity index (χ4n) is 1.57. The summed E-state index contributed by atoms with van der Waals surface area (Å²) >= 11 is 3.55. The largest absolute Gasteiger partial charge is 0.382 e. The average molecular weight is 212 g/mol. The SMILES string of the molecule is CC1=CC2C(Br)=CC=CC2N1. The topological polar surface area (TPSA) is 12.0 Å². The van der Waals surface area contributed by atoms with Gasteiger partial charge >= 0.3 is 0 Å². The van der Waals surface area contributed by atoms with Gasteiger partial charge in [-0.2, -0.15) is 0 Å². The number of hydrogen-bond donors (Lipinski definition) is 1. The highest BCUT2D eigenvalue weighted by Gasteiger charge is 2.26. The summed E-state index contributed by atoms with van der Waals surface area (Å²) in [5, 5.41) is 3.39. The van der Waals surface area contributed by atoms with Crippen molar-refractivity contribution in [1.82, 2.24) is 5.32 Å². The van der Waals surface area contributed by atoms with Gasteiger partial charge in [0.1, 0.15) is 0 Å². The summed E-state index contributed by atoms with van der Waals surface area (Å²) in [7, 11) is 0. The highest BCUT2D eigenvalue weighted by Crippen LogP contribution is 2.31. The van der Waals surface area contributed by atoms with Gasteiger partial charge in [0.2, 0.25) is 0 Å². The summed E-state index contributed by atoms with van der Waals surface area (Å²) in [6, 6.07) is 0.481. The number of fused-ring (bicyclic) bond motifs is 1. The molecular weight excluding hydrogens is 202 g/mol. The van der Waals surface area contributed by atoms with Crippen LogP contribution in [-0.4, -0.2) is 6.04 Å². The van der Waals surface area contributed by atoms with Crippen molar-refractivity contribution in [2.45, 2.75) is 13.0 Å². The predicted molar refractivity (Wildman–Crippen MR) is 50.3 cm³/mol. The van der Waals surface area contributed by atoms with E-state index in [1.807, 2.05) is 0 Å². The molecule has 11 heavy (non-hydrogen) atoms. The van der Waals surface area contributed by atoms with Crippen LogP contribution in [0.15, 0.2) is 34.5 Å². The van der Waals surface area contributed by atoms with Gasteiger partial charge in [-0.05, 0) is 6.92 Å². The molecule has 0 aromatic rings. The van der Waals surface area contributed by atoms with Crippen molar-refractivity contribution in [2.75, 3.05) is 0 Å². The molecule has 2 aliphatic rings. The van der Waals surface area contributed by atoms with Crippen molar-refractivity contribution in [3.63, 3.8) is 0 Å². The number of allylic oxidation sites excluding steroid dienone is 3. The number of halogens is 1. The van der Waals surface area contributed by atoms with Crippen molar-refractivity contribution in [3.05, 3.63) is 34.5 Å². The Kier molecular flexibility index (Phi) is 1.64. The van der Waals surface area contributed by atoms with Crippen LogP contribution in [0, 0.1) is 5.92 Å². The van der Waals surface area contributed by atoms with E-state index in [0.717, 1.165) is 0 Å². The number of rotatable bonds is 0. The molecule has 58 valence electrons. The third-order valence-corrected chi connectivity index (χ3v) is 2.90. The molecule has 0 aromatic heterocycles. The first kappa shape index (κ1) is 7.17. The molecular formula is C9H10BrN. The van der Waals surface area contributed by atoms with Crippen LogP contribution >= 0.6 is 15.9 Å². The fourth-order valence-corrected chi connectivity index (χ4v) is 2.14. The minimum absolute atomic E-state index is 0.481. The Bertz CT molecular complexity index is 263. The Morgan fingerprint density at radius 2 is 2.36 bits per heavy atom. The standard InChI is InChI=1S/C9H10BrN/c1-6-5-7-8(10)3-2-4-9(7)11-6/h2-5,7,9,11H,1H3. The van der Waals surface area contributed by atoms with Crippen LogP contribution in [0.25, 0.3) is 0 Å². The Labute approximate surface area is 75.0 Å². The Morgan fingerprint density at radius 3 is 3.09 bits per heavy atom. The Balaban J connectivity index is 2.30.